The maximum atomic E-state index is 6.06. The Kier molecular flexibility index (Phi) is 9.80. The molecular formula is C23H34N4O3. The SMILES string of the molecule is CCN(CC)CCOc1ccccc1CNC(N)=NCc1ccc(OC)c(OC)c1. The van der Waals surface area contributed by atoms with Crippen molar-refractivity contribution < 1.29 is 14.2 Å². The average molecular weight is 415 g/mol. The van der Waals surface area contributed by atoms with Crippen LogP contribution in [0, 0.1) is 0 Å². The molecule has 0 fully saturated rings. The molecule has 0 amide bonds. The fourth-order valence-electron chi connectivity index (χ4n) is 3.01. The molecule has 0 aromatic heterocycles. The average Bonchev–Trinajstić information content (AvgIpc) is 2.79. The zero-order chi connectivity index (χ0) is 21.8. The highest BCUT2D eigenvalue weighted by atomic mass is 16.5. The van der Waals surface area contributed by atoms with Crippen LogP contribution in [0.2, 0.25) is 0 Å². The van der Waals surface area contributed by atoms with E-state index in [9.17, 15) is 0 Å². The first-order valence-corrected chi connectivity index (χ1v) is 10.3. The minimum absolute atomic E-state index is 0.378. The van der Waals surface area contributed by atoms with Crippen molar-refractivity contribution in [1.29, 1.82) is 0 Å². The molecule has 0 unspecified atom stereocenters. The summed E-state index contributed by atoms with van der Waals surface area (Å²) in [6.45, 7) is 8.92. The molecule has 0 aliphatic heterocycles. The van der Waals surface area contributed by atoms with Crippen LogP contribution in [0.1, 0.15) is 25.0 Å². The Morgan fingerprint density at radius 2 is 1.73 bits per heavy atom. The molecule has 2 aromatic rings. The second-order valence-electron chi connectivity index (χ2n) is 6.73. The standard InChI is InChI=1S/C23H34N4O3/c1-5-27(6-2)13-14-30-20-10-8-7-9-19(20)17-26-23(24)25-16-18-11-12-21(28-3)22(15-18)29-4/h7-12,15H,5-6,13-14,16-17H2,1-4H3,(H3,24,25,26). The predicted molar refractivity (Wildman–Crippen MR) is 121 cm³/mol. The van der Waals surface area contributed by atoms with E-state index >= 15 is 0 Å². The van der Waals surface area contributed by atoms with Crippen molar-refractivity contribution in [3.63, 3.8) is 0 Å². The van der Waals surface area contributed by atoms with Gasteiger partial charge in [-0.3, -0.25) is 0 Å². The number of likely N-dealkylation sites (N-methyl/N-ethyl adjacent to an activating group) is 1. The number of hydrogen-bond acceptors (Lipinski definition) is 5. The molecule has 0 saturated carbocycles. The van der Waals surface area contributed by atoms with Crippen LogP contribution in [0.4, 0.5) is 0 Å². The zero-order valence-corrected chi connectivity index (χ0v) is 18.5. The number of para-hydroxylation sites is 1. The van der Waals surface area contributed by atoms with Gasteiger partial charge in [-0.25, -0.2) is 4.99 Å². The molecule has 164 valence electrons. The van der Waals surface area contributed by atoms with Crippen molar-refractivity contribution in [2.24, 2.45) is 10.7 Å². The molecule has 0 radical (unpaired) electrons. The summed E-state index contributed by atoms with van der Waals surface area (Å²) in [5.74, 6) is 2.61. The van der Waals surface area contributed by atoms with Gasteiger partial charge in [-0.2, -0.15) is 0 Å². The second kappa shape index (κ2) is 12.6. The number of aliphatic imine (C=N–C) groups is 1. The van der Waals surface area contributed by atoms with E-state index in [0.717, 1.165) is 36.5 Å². The highest BCUT2D eigenvalue weighted by Gasteiger charge is 2.06. The molecule has 2 rings (SSSR count). The van der Waals surface area contributed by atoms with Crippen LogP contribution in [-0.4, -0.2) is 51.3 Å². The summed E-state index contributed by atoms with van der Waals surface area (Å²) in [5.41, 5.74) is 8.08. The topological polar surface area (TPSA) is 81.3 Å². The quantitative estimate of drug-likeness (QED) is 0.410. The van der Waals surface area contributed by atoms with Gasteiger partial charge < -0.3 is 30.2 Å². The van der Waals surface area contributed by atoms with E-state index in [2.05, 4.69) is 29.1 Å². The van der Waals surface area contributed by atoms with E-state index in [1.807, 2.05) is 42.5 Å². The van der Waals surface area contributed by atoms with Gasteiger partial charge in [0.05, 0.1) is 20.8 Å². The first-order valence-electron chi connectivity index (χ1n) is 10.3. The number of nitrogens with two attached hydrogens (primary N) is 1. The molecular weight excluding hydrogens is 380 g/mol. The molecule has 7 heteroatoms. The Hall–Kier alpha value is -2.93. The van der Waals surface area contributed by atoms with Crippen LogP contribution in [-0.2, 0) is 13.1 Å². The van der Waals surface area contributed by atoms with Gasteiger partial charge in [-0.05, 0) is 36.9 Å². The molecule has 30 heavy (non-hydrogen) atoms. The highest BCUT2D eigenvalue weighted by molar-refractivity contribution is 5.77. The summed E-state index contributed by atoms with van der Waals surface area (Å²) in [5, 5.41) is 3.16. The van der Waals surface area contributed by atoms with Crippen molar-refractivity contribution in [3.8, 4) is 17.2 Å². The molecule has 0 heterocycles. The second-order valence-corrected chi connectivity index (χ2v) is 6.73. The number of nitrogens with zero attached hydrogens (tertiary/aromatic N) is 2. The summed E-state index contributed by atoms with van der Waals surface area (Å²) in [6.07, 6.45) is 0. The Morgan fingerprint density at radius 1 is 1.00 bits per heavy atom. The summed E-state index contributed by atoms with van der Waals surface area (Å²) < 4.78 is 16.6. The summed E-state index contributed by atoms with van der Waals surface area (Å²) in [7, 11) is 3.23. The first-order chi connectivity index (χ1) is 14.6. The lowest BCUT2D eigenvalue weighted by atomic mass is 10.2. The molecule has 0 aliphatic rings. The number of rotatable bonds is 12. The molecule has 0 atom stereocenters. The Balaban J connectivity index is 1.90. The van der Waals surface area contributed by atoms with E-state index in [1.54, 1.807) is 14.2 Å². The van der Waals surface area contributed by atoms with Crippen LogP contribution in [0.3, 0.4) is 0 Å². The van der Waals surface area contributed by atoms with Gasteiger partial charge in [0, 0.05) is 18.7 Å². The number of nitrogens with one attached hydrogen (secondary N) is 1. The minimum atomic E-state index is 0.378. The van der Waals surface area contributed by atoms with Crippen molar-refractivity contribution in [1.82, 2.24) is 10.2 Å². The lowest BCUT2D eigenvalue weighted by Crippen LogP contribution is -2.31. The lowest BCUT2D eigenvalue weighted by molar-refractivity contribution is 0.221. The van der Waals surface area contributed by atoms with E-state index in [0.29, 0.717) is 37.2 Å². The third-order valence-corrected chi connectivity index (χ3v) is 4.87. The fraction of sp³-hybridized carbons (Fsp3) is 0.435. The normalized spacial score (nSPS) is 11.4. The number of guanidine groups is 1. The van der Waals surface area contributed by atoms with Gasteiger partial charge in [0.25, 0.3) is 0 Å². The molecule has 2 aromatic carbocycles. The van der Waals surface area contributed by atoms with E-state index < -0.39 is 0 Å². The van der Waals surface area contributed by atoms with Crippen LogP contribution < -0.4 is 25.3 Å². The number of methoxy groups -OCH3 is 2. The Bertz CT molecular complexity index is 807. The van der Waals surface area contributed by atoms with E-state index in [4.69, 9.17) is 19.9 Å². The largest absolute Gasteiger partial charge is 0.493 e. The fourth-order valence-corrected chi connectivity index (χ4v) is 3.01. The summed E-state index contributed by atoms with van der Waals surface area (Å²) in [6, 6.07) is 13.7. The van der Waals surface area contributed by atoms with Gasteiger partial charge in [-0.15, -0.1) is 0 Å². The monoisotopic (exact) mass is 414 g/mol. The minimum Gasteiger partial charge on any atom is -0.493 e. The maximum Gasteiger partial charge on any atom is 0.189 e. The Morgan fingerprint density at radius 3 is 2.43 bits per heavy atom. The lowest BCUT2D eigenvalue weighted by Gasteiger charge is -2.19. The number of ether oxygens (including phenoxy) is 3. The molecule has 0 saturated heterocycles. The maximum absolute atomic E-state index is 6.06. The van der Waals surface area contributed by atoms with Crippen LogP contribution in [0.15, 0.2) is 47.5 Å². The van der Waals surface area contributed by atoms with Gasteiger partial charge in [0.15, 0.2) is 17.5 Å². The van der Waals surface area contributed by atoms with Crippen molar-refractivity contribution in [2.45, 2.75) is 26.9 Å². The number of hydrogen-bond donors (Lipinski definition) is 2. The van der Waals surface area contributed by atoms with Crippen LogP contribution >= 0.6 is 0 Å². The molecule has 0 bridgehead atoms. The Labute approximate surface area is 179 Å². The number of benzene rings is 2. The van der Waals surface area contributed by atoms with Gasteiger partial charge in [0.2, 0.25) is 0 Å². The van der Waals surface area contributed by atoms with Gasteiger partial charge in [0.1, 0.15) is 12.4 Å². The highest BCUT2D eigenvalue weighted by Crippen LogP contribution is 2.27. The third kappa shape index (κ3) is 7.15. The summed E-state index contributed by atoms with van der Waals surface area (Å²) in [4.78, 5) is 6.75. The third-order valence-electron chi connectivity index (χ3n) is 4.87. The van der Waals surface area contributed by atoms with Gasteiger partial charge >= 0.3 is 0 Å². The van der Waals surface area contributed by atoms with Crippen molar-refractivity contribution in [2.75, 3.05) is 40.5 Å². The van der Waals surface area contributed by atoms with Crippen molar-refractivity contribution >= 4 is 5.96 Å². The zero-order valence-electron chi connectivity index (χ0n) is 18.5. The molecule has 7 nitrogen and oxygen atoms in total. The van der Waals surface area contributed by atoms with E-state index in [-0.39, 0.29) is 0 Å². The molecule has 0 spiro atoms. The predicted octanol–water partition coefficient (Wildman–Crippen LogP) is 3.03. The van der Waals surface area contributed by atoms with Crippen LogP contribution in [0.5, 0.6) is 17.2 Å². The van der Waals surface area contributed by atoms with Crippen molar-refractivity contribution in [3.05, 3.63) is 53.6 Å². The molecule has 3 N–H and O–H groups in total. The molecule has 0 aliphatic carbocycles. The van der Waals surface area contributed by atoms with Gasteiger partial charge in [-0.1, -0.05) is 38.1 Å². The van der Waals surface area contributed by atoms with E-state index in [1.165, 1.54) is 0 Å². The first kappa shape index (κ1) is 23.3. The van der Waals surface area contributed by atoms with Crippen LogP contribution in [0.25, 0.3) is 0 Å². The summed E-state index contributed by atoms with van der Waals surface area (Å²) >= 11 is 0. The smallest absolute Gasteiger partial charge is 0.189 e.